The Morgan fingerprint density at radius 3 is 2.65 bits per heavy atom. The SMILES string of the molecule is Cn1cncc1-c1nc(-c2ccccc2)c(Br)c(=O)[nH]1. The maximum Gasteiger partial charge on any atom is 0.266 e. The third-order valence-electron chi connectivity index (χ3n) is 2.97. The van der Waals surface area contributed by atoms with Gasteiger partial charge in [-0.25, -0.2) is 9.97 Å². The molecule has 1 aromatic carbocycles. The number of nitrogens with one attached hydrogen (secondary N) is 1. The topological polar surface area (TPSA) is 63.6 Å². The Hall–Kier alpha value is -2.21. The molecule has 0 aliphatic heterocycles. The van der Waals surface area contributed by atoms with Gasteiger partial charge in [0.25, 0.3) is 5.56 Å². The summed E-state index contributed by atoms with van der Waals surface area (Å²) in [5, 5.41) is 0. The number of aryl methyl sites for hydroxylation is 1. The van der Waals surface area contributed by atoms with Gasteiger partial charge in [-0.05, 0) is 15.9 Å². The van der Waals surface area contributed by atoms with Crippen LogP contribution in [0.15, 0.2) is 52.1 Å². The Bertz CT molecular complexity index is 808. The molecule has 20 heavy (non-hydrogen) atoms. The number of aromatic amines is 1. The number of hydrogen-bond donors (Lipinski definition) is 1. The van der Waals surface area contributed by atoms with Crippen molar-refractivity contribution < 1.29 is 0 Å². The molecule has 0 aliphatic carbocycles. The molecular formula is C14H11BrN4O. The normalized spacial score (nSPS) is 10.7. The molecule has 5 nitrogen and oxygen atoms in total. The molecule has 0 fully saturated rings. The van der Waals surface area contributed by atoms with Gasteiger partial charge in [0.1, 0.15) is 10.2 Å². The fourth-order valence-corrected chi connectivity index (χ4v) is 2.37. The van der Waals surface area contributed by atoms with Gasteiger partial charge >= 0.3 is 0 Å². The smallest absolute Gasteiger partial charge is 0.266 e. The maximum absolute atomic E-state index is 12.1. The average Bonchev–Trinajstić information content (AvgIpc) is 2.89. The van der Waals surface area contributed by atoms with Crippen LogP contribution in [0.2, 0.25) is 0 Å². The van der Waals surface area contributed by atoms with E-state index in [2.05, 4.69) is 30.9 Å². The van der Waals surface area contributed by atoms with Gasteiger partial charge in [-0.3, -0.25) is 4.79 Å². The summed E-state index contributed by atoms with van der Waals surface area (Å²) in [6, 6.07) is 9.58. The second kappa shape index (κ2) is 5.05. The molecule has 0 bridgehead atoms. The number of halogens is 1. The fourth-order valence-electron chi connectivity index (χ4n) is 1.95. The largest absolute Gasteiger partial charge is 0.331 e. The minimum atomic E-state index is -0.213. The van der Waals surface area contributed by atoms with E-state index in [1.54, 1.807) is 17.1 Å². The van der Waals surface area contributed by atoms with Crippen molar-refractivity contribution in [1.29, 1.82) is 0 Å². The van der Waals surface area contributed by atoms with Crippen LogP contribution in [-0.4, -0.2) is 19.5 Å². The first kappa shape index (κ1) is 12.8. The lowest BCUT2D eigenvalue weighted by Gasteiger charge is -2.07. The van der Waals surface area contributed by atoms with E-state index in [4.69, 9.17) is 0 Å². The molecule has 2 heterocycles. The highest BCUT2D eigenvalue weighted by Gasteiger charge is 2.13. The third kappa shape index (κ3) is 2.18. The van der Waals surface area contributed by atoms with Crippen LogP contribution in [0.3, 0.4) is 0 Å². The maximum atomic E-state index is 12.1. The zero-order chi connectivity index (χ0) is 14.1. The molecule has 2 aromatic heterocycles. The van der Waals surface area contributed by atoms with E-state index in [0.29, 0.717) is 16.0 Å². The minimum absolute atomic E-state index is 0.213. The van der Waals surface area contributed by atoms with E-state index in [9.17, 15) is 4.79 Å². The van der Waals surface area contributed by atoms with Crippen LogP contribution in [0.1, 0.15) is 0 Å². The molecule has 0 aliphatic rings. The molecule has 0 saturated heterocycles. The van der Waals surface area contributed by atoms with Crippen LogP contribution in [0.25, 0.3) is 22.8 Å². The van der Waals surface area contributed by atoms with Crippen molar-refractivity contribution in [1.82, 2.24) is 19.5 Å². The van der Waals surface area contributed by atoms with Gasteiger partial charge in [-0.2, -0.15) is 0 Å². The van der Waals surface area contributed by atoms with Crippen LogP contribution >= 0.6 is 15.9 Å². The Balaban J connectivity index is 2.24. The van der Waals surface area contributed by atoms with Crippen molar-refractivity contribution in [3.8, 4) is 22.8 Å². The summed E-state index contributed by atoms with van der Waals surface area (Å²) in [5.41, 5.74) is 2.04. The molecule has 0 unspecified atom stereocenters. The molecule has 6 heteroatoms. The summed E-state index contributed by atoms with van der Waals surface area (Å²) in [6.45, 7) is 0. The van der Waals surface area contributed by atoms with Crippen molar-refractivity contribution in [2.75, 3.05) is 0 Å². The van der Waals surface area contributed by atoms with Crippen LogP contribution in [-0.2, 0) is 7.05 Å². The number of aromatic nitrogens is 4. The molecule has 0 atom stereocenters. The second-order valence-electron chi connectivity index (χ2n) is 4.33. The van der Waals surface area contributed by atoms with Crippen LogP contribution in [0.4, 0.5) is 0 Å². The standard InChI is InChI=1S/C14H11BrN4O/c1-19-8-16-7-10(19)13-17-12(11(15)14(20)18-13)9-5-3-2-4-6-9/h2-8H,1H3,(H,17,18,20). The lowest BCUT2D eigenvalue weighted by molar-refractivity contribution is 0.905. The zero-order valence-electron chi connectivity index (χ0n) is 10.7. The van der Waals surface area contributed by atoms with E-state index in [-0.39, 0.29) is 5.56 Å². The third-order valence-corrected chi connectivity index (χ3v) is 3.71. The summed E-state index contributed by atoms with van der Waals surface area (Å²) < 4.78 is 2.23. The molecule has 3 rings (SSSR count). The van der Waals surface area contributed by atoms with Gasteiger partial charge in [-0.1, -0.05) is 30.3 Å². The monoisotopic (exact) mass is 330 g/mol. The first-order valence-electron chi connectivity index (χ1n) is 5.99. The van der Waals surface area contributed by atoms with Gasteiger partial charge in [0.05, 0.1) is 18.2 Å². The number of rotatable bonds is 2. The Kier molecular flexibility index (Phi) is 3.23. The molecule has 0 amide bonds. The number of hydrogen-bond acceptors (Lipinski definition) is 3. The van der Waals surface area contributed by atoms with Crippen molar-refractivity contribution in [3.05, 3.63) is 57.7 Å². The summed E-state index contributed by atoms with van der Waals surface area (Å²) in [4.78, 5) is 23.4. The van der Waals surface area contributed by atoms with Crippen LogP contribution < -0.4 is 5.56 Å². The highest BCUT2D eigenvalue weighted by atomic mass is 79.9. The summed E-state index contributed by atoms with van der Waals surface area (Å²) in [6.07, 6.45) is 3.33. The van der Waals surface area contributed by atoms with Gasteiger partial charge in [0.15, 0.2) is 5.82 Å². The van der Waals surface area contributed by atoms with Crippen molar-refractivity contribution in [3.63, 3.8) is 0 Å². The van der Waals surface area contributed by atoms with E-state index in [0.717, 1.165) is 11.3 Å². The van der Waals surface area contributed by atoms with E-state index < -0.39 is 0 Å². The summed E-state index contributed by atoms with van der Waals surface area (Å²) in [7, 11) is 1.85. The predicted molar refractivity (Wildman–Crippen MR) is 80.2 cm³/mol. The first-order chi connectivity index (χ1) is 9.66. The molecule has 1 N–H and O–H groups in total. The molecule has 100 valence electrons. The Morgan fingerprint density at radius 1 is 1.25 bits per heavy atom. The molecule has 3 aromatic rings. The Labute approximate surface area is 123 Å². The number of nitrogens with zero attached hydrogens (tertiary/aromatic N) is 3. The highest BCUT2D eigenvalue weighted by molar-refractivity contribution is 9.10. The highest BCUT2D eigenvalue weighted by Crippen LogP contribution is 2.25. The van der Waals surface area contributed by atoms with Crippen LogP contribution in [0, 0.1) is 0 Å². The summed E-state index contributed by atoms with van der Waals surface area (Å²) in [5.74, 6) is 0.497. The Morgan fingerprint density at radius 2 is 2.00 bits per heavy atom. The van der Waals surface area contributed by atoms with Crippen molar-refractivity contribution in [2.45, 2.75) is 0 Å². The lowest BCUT2D eigenvalue weighted by atomic mass is 10.1. The number of benzene rings is 1. The van der Waals surface area contributed by atoms with Crippen molar-refractivity contribution in [2.24, 2.45) is 7.05 Å². The molecular weight excluding hydrogens is 320 g/mol. The van der Waals surface area contributed by atoms with E-state index in [1.165, 1.54) is 0 Å². The first-order valence-corrected chi connectivity index (χ1v) is 6.78. The molecule has 0 radical (unpaired) electrons. The minimum Gasteiger partial charge on any atom is -0.331 e. The second-order valence-corrected chi connectivity index (χ2v) is 5.13. The fraction of sp³-hybridized carbons (Fsp3) is 0.0714. The number of H-pyrrole nitrogens is 1. The lowest BCUT2D eigenvalue weighted by Crippen LogP contribution is -2.12. The van der Waals surface area contributed by atoms with Gasteiger partial charge in [0, 0.05) is 12.6 Å². The van der Waals surface area contributed by atoms with Gasteiger partial charge in [0.2, 0.25) is 0 Å². The van der Waals surface area contributed by atoms with E-state index in [1.807, 2.05) is 37.4 Å². The van der Waals surface area contributed by atoms with Crippen molar-refractivity contribution >= 4 is 15.9 Å². The molecule has 0 saturated carbocycles. The quantitative estimate of drug-likeness (QED) is 0.785. The number of imidazole rings is 1. The predicted octanol–water partition coefficient (Wildman–Crippen LogP) is 2.60. The van der Waals surface area contributed by atoms with Gasteiger partial charge in [-0.15, -0.1) is 0 Å². The summed E-state index contributed by atoms with van der Waals surface area (Å²) >= 11 is 3.30. The average molecular weight is 331 g/mol. The van der Waals surface area contributed by atoms with Crippen LogP contribution in [0.5, 0.6) is 0 Å². The molecule has 0 spiro atoms. The van der Waals surface area contributed by atoms with Gasteiger partial charge < -0.3 is 9.55 Å². The van der Waals surface area contributed by atoms with E-state index >= 15 is 0 Å². The zero-order valence-corrected chi connectivity index (χ0v) is 12.3.